The molecule has 0 radical (unpaired) electrons. The average Bonchev–Trinajstić information content (AvgIpc) is 2.58. The van der Waals surface area contributed by atoms with Crippen molar-refractivity contribution in [3.63, 3.8) is 0 Å². The van der Waals surface area contributed by atoms with Gasteiger partial charge in [0.15, 0.2) is 0 Å². The van der Waals surface area contributed by atoms with Crippen LogP contribution in [0, 0.1) is 6.92 Å². The van der Waals surface area contributed by atoms with E-state index in [1.54, 1.807) is 11.3 Å². The molecule has 0 spiro atoms. The molecule has 1 aromatic heterocycles. The molecular weight excluding hydrogens is 194 g/mol. The first kappa shape index (κ1) is 11.6. The fraction of sp³-hybridized carbons (Fsp3) is 0.700. The van der Waals surface area contributed by atoms with Gasteiger partial charge in [0.05, 0.1) is 5.01 Å². The minimum Gasteiger partial charge on any atom is -0.316 e. The van der Waals surface area contributed by atoms with Gasteiger partial charge in [-0.1, -0.05) is 6.92 Å². The van der Waals surface area contributed by atoms with Gasteiger partial charge in [-0.2, -0.15) is 0 Å². The van der Waals surface area contributed by atoms with E-state index in [4.69, 9.17) is 0 Å². The molecule has 14 heavy (non-hydrogen) atoms. The number of thiazole rings is 1. The van der Waals surface area contributed by atoms with Gasteiger partial charge in [0, 0.05) is 37.1 Å². The maximum Gasteiger partial charge on any atom is 0.0940 e. The van der Waals surface area contributed by atoms with Crippen molar-refractivity contribution in [1.82, 2.24) is 15.6 Å². The van der Waals surface area contributed by atoms with Gasteiger partial charge in [-0.3, -0.25) is 0 Å². The van der Waals surface area contributed by atoms with Gasteiger partial charge in [0.1, 0.15) is 0 Å². The predicted octanol–water partition coefficient (Wildman–Crippen LogP) is 1.19. The molecule has 0 bridgehead atoms. The van der Waals surface area contributed by atoms with Crippen molar-refractivity contribution in [3.8, 4) is 0 Å². The largest absolute Gasteiger partial charge is 0.316 e. The van der Waals surface area contributed by atoms with Gasteiger partial charge in [0.2, 0.25) is 0 Å². The van der Waals surface area contributed by atoms with Crippen molar-refractivity contribution in [2.45, 2.75) is 20.3 Å². The van der Waals surface area contributed by atoms with Crippen molar-refractivity contribution in [1.29, 1.82) is 0 Å². The number of hydrogen-bond donors (Lipinski definition) is 2. The number of aryl methyl sites for hydroxylation is 1. The molecule has 1 heterocycles. The van der Waals surface area contributed by atoms with Crippen molar-refractivity contribution in [2.75, 3.05) is 26.2 Å². The van der Waals surface area contributed by atoms with Gasteiger partial charge in [0.25, 0.3) is 0 Å². The smallest absolute Gasteiger partial charge is 0.0940 e. The summed E-state index contributed by atoms with van der Waals surface area (Å²) in [5, 5.41) is 10.00. The Morgan fingerprint density at radius 1 is 1.29 bits per heavy atom. The molecule has 1 aromatic rings. The van der Waals surface area contributed by atoms with E-state index in [1.165, 1.54) is 5.01 Å². The van der Waals surface area contributed by atoms with E-state index in [0.717, 1.165) is 38.3 Å². The van der Waals surface area contributed by atoms with Gasteiger partial charge in [-0.05, 0) is 13.5 Å². The topological polar surface area (TPSA) is 37.0 Å². The molecule has 2 N–H and O–H groups in total. The zero-order valence-electron chi connectivity index (χ0n) is 8.97. The van der Waals surface area contributed by atoms with Crippen LogP contribution in [0.15, 0.2) is 5.38 Å². The molecule has 0 aromatic carbocycles. The second-order valence-corrected chi connectivity index (χ2v) is 4.18. The second kappa shape index (κ2) is 6.92. The maximum absolute atomic E-state index is 4.41. The van der Waals surface area contributed by atoms with Crippen LogP contribution >= 0.6 is 11.3 Å². The predicted molar refractivity (Wildman–Crippen MR) is 62.0 cm³/mol. The third kappa shape index (κ3) is 4.69. The number of hydrogen-bond acceptors (Lipinski definition) is 4. The second-order valence-electron chi connectivity index (χ2n) is 3.24. The highest BCUT2D eigenvalue weighted by Gasteiger charge is 1.97. The Hall–Kier alpha value is -0.450. The third-order valence-electron chi connectivity index (χ3n) is 1.91. The highest BCUT2D eigenvalue weighted by molar-refractivity contribution is 7.09. The van der Waals surface area contributed by atoms with Crippen LogP contribution in [0.4, 0.5) is 0 Å². The first-order valence-electron chi connectivity index (χ1n) is 5.15. The molecule has 0 aliphatic carbocycles. The van der Waals surface area contributed by atoms with Gasteiger partial charge >= 0.3 is 0 Å². The molecule has 0 aliphatic heterocycles. The van der Waals surface area contributed by atoms with Crippen LogP contribution in [-0.4, -0.2) is 31.2 Å². The van der Waals surface area contributed by atoms with E-state index in [0.29, 0.717) is 0 Å². The molecule has 80 valence electrons. The van der Waals surface area contributed by atoms with Crippen LogP contribution < -0.4 is 10.6 Å². The summed E-state index contributed by atoms with van der Waals surface area (Å²) in [5.41, 5.74) is 1.14. The number of nitrogens with one attached hydrogen (secondary N) is 2. The highest BCUT2D eigenvalue weighted by Crippen LogP contribution is 2.08. The lowest BCUT2D eigenvalue weighted by Gasteiger charge is -2.03. The van der Waals surface area contributed by atoms with Gasteiger partial charge in [-0.25, -0.2) is 4.98 Å². The normalized spacial score (nSPS) is 10.7. The fourth-order valence-electron chi connectivity index (χ4n) is 1.19. The van der Waals surface area contributed by atoms with Crippen molar-refractivity contribution < 1.29 is 0 Å². The van der Waals surface area contributed by atoms with Crippen molar-refractivity contribution in [3.05, 3.63) is 16.1 Å². The zero-order valence-corrected chi connectivity index (χ0v) is 9.78. The molecule has 0 atom stereocenters. The lowest BCUT2D eigenvalue weighted by Crippen LogP contribution is -2.28. The van der Waals surface area contributed by atoms with E-state index in [2.05, 4.69) is 27.9 Å². The number of nitrogens with zero attached hydrogens (tertiary/aromatic N) is 1. The average molecular weight is 213 g/mol. The standard InChI is InChI=1S/C10H19N3S/c1-3-11-6-7-12-5-4-10-13-9(2)8-14-10/h8,11-12H,3-7H2,1-2H3. The summed E-state index contributed by atoms with van der Waals surface area (Å²) < 4.78 is 0. The fourth-order valence-corrected chi connectivity index (χ4v) is 1.97. The summed E-state index contributed by atoms with van der Waals surface area (Å²) in [6.07, 6.45) is 1.05. The zero-order chi connectivity index (χ0) is 10.2. The van der Waals surface area contributed by atoms with Crippen LogP contribution in [0.5, 0.6) is 0 Å². The minimum absolute atomic E-state index is 1.03. The van der Waals surface area contributed by atoms with Crippen LogP contribution in [0.3, 0.4) is 0 Å². The van der Waals surface area contributed by atoms with Gasteiger partial charge in [-0.15, -0.1) is 11.3 Å². The van der Waals surface area contributed by atoms with Crippen LogP contribution in [0.25, 0.3) is 0 Å². The first-order valence-corrected chi connectivity index (χ1v) is 6.03. The number of likely N-dealkylation sites (N-methyl/N-ethyl adjacent to an activating group) is 1. The molecule has 0 aliphatic rings. The Morgan fingerprint density at radius 3 is 2.71 bits per heavy atom. The Labute approximate surface area is 89.9 Å². The molecule has 0 saturated heterocycles. The molecule has 4 heteroatoms. The molecule has 0 amide bonds. The Kier molecular flexibility index (Phi) is 5.75. The Bertz CT molecular complexity index is 247. The quantitative estimate of drug-likeness (QED) is 0.668. The van der Waals surface area contributed by atoms with Crippen LogP contribution in [0.2, 0.25) is 0 Å². The molecule has 1 rings (SSSR count). The summed E-state index contributed by atoms with van der Waals surface area (Å²) in [6.45, 7) is 8.33. The van der Waals surface area contributed by atoms with Crippen molar-refractivity contribution >= 4 is 11.3 Å². The van der Waals surface area contributed by atoms with E-state index >= 15 is 0 Å². The molecular formula is C10H19N3S. The van der Waals surface area contributed by atoms with E-state index in [1.807, 2.05) is 6.92 Å². The summed E-state index contributed by atoms with van der Waals surface area (Å²) in [6, 6.07) is 0. The van der Waals surface area contributed by atoms with Crippen LogP contribution in [-0.2, 0) is 6.42 Å². The number of rotatable bonds is 7. The first-order chi connectivity index (χ1) is 6.83. The van der Waals surface area contributed by atoms with Crippen LogP contribution in [0.1, 0.15) is 17.6 Å². The van der Waals surface area contributed by atoms with E-state index in [9.17, 15) is 0 Å². The Balaban J connectivity index is 1.99. The molecule has 0 unspecified atom stereocenters. The lowest BCUT2D eigenvalue weighted by atomic mass is 10.4. The van der Waals surface area contributed by atoms with E-state index in [-0.39, 0.29) is 0 Å². The highest BCUT2D eigenvalue weighted by atomic mass is 32.1. The SMILES string of the molecule is CCNCCNCCc1nc(C)cs1. The maximum atomic E-state index is 4.41. The van der Waals surface area contributed by atoms with Gasteiger partial charge < -0.3 is 10.6 Å². The molecule has 0 saturated carbocycles. The summed E-state index contributed by atoms with van der Waals surface area (Å²) in [4.78, 5) is 4.41. The number of aromatic nitrogens is 1. The monoisotopic (exact) mass is 213 g/mol. The Morgan fingerprint density at radius 2 is 2.07 bits per heavy atom. The van der Waals surface area contributed by atoms with E-state index < -0.39 is 0 Å². The van der Waals surface area contributed by atoms with Crippen molar-refractivity contribution in [2.24, 2.45) is 0 Å². The summed E-state index contributed by atoms with van der Waals surface area (Å²) in [5.74, 6) is 0. The summed E-state index contributed by atoms with van der Waals surface area (Å²) >= 11 is 1.75. The molecule has 3 nitrogen and oxygen atoms in total. The summed E-state index contributed by atoms with van der Waals surface area (Å²) in [7, 11) is 0. The molecule has 0 fully saturated rings. The lowest BCUT2D eigenvalue weighted by molar-refractivity contribution is 0.624. The minimum atomic E-state index is 1.03. The third-order valence-corrected chi connectivity index (χ3v) is 2.94.